The van der Waals surface area contributed by atoms with Gasteiger partial charge in [0.05, 0.1) is 23.3 Å². The highest BCUT2D eigenvalue weighted by molar-refractivity contribution is 6.00. The molecule has 3 rings (SSSR count). The van der Waals surface area contributed by atoms with Gasteiger partial charge in [-0.15, -0.1) is 6.42 Å². The smallest absolute Gasteiger partial charge is 0.253 e. The molecule has 5 nitrogen and oxygen atoms in total. The first-order chi connectivity index (χ1) is 11.5. The van der Waals surface area contributed by atoms with Gasteiger partial charge in [0.15, 0.2) is 5.82 Å². The van der Waals surface area contributed by atoms with Gasteiger partial charge in [0.1, 0.15) is 11.4 Å². The first-order valence-electron chi connectivity index (χ1n) is 7.23. The highest BCUT2D eigenvalue weighted by Crippen LogP contribution is 2.33. The lowest BCUT2D eigenvalue weighted by molar-refractivity contribution is 0.0997. The summed E-state index contributed by atoms with van der Waals surface area (Å²) in [5.41, 5.74) is 5.93. The average molecular weight is 328 g/mol. The van der Waals surface area contributed by atoms with Crippen LogP contribution in [0, 0.1) is 24.0 Å². The van der Waals surface area contributed by atoms with Gasteiger partial charge in [-0.25, -0.2) is 8.78 Å². The van der Waals surface area contributed by atoms with Crippen molar-refractivity contribution < 1.29 is 13.6 Å². The maximum absolute atomic E-state index is 14.2. The van der Waals surface area contributed by atoms with Crippen molar-refractivity contribution in [2.75, 3.05) is 18.4 Å². The molecule has 0 spiro atoms. The van der Waals surface area contributed by atoms with Crippen LogP contribution < -0.4 is 16.4 Å². The number of nitrogens with zero attached hydrogens (tertiary/aromatic N) is 1. The van der Waals surface area contributed by atoms with Crippen LogP contribution in [0.1, 0.15) is 27.5 Å². The Morgan fingerprint density at radius 1 is 1.38 bits per heavy atom. The summed E-state index contributed by atoms with van der Waals surface area (Å²) in [6.07, 6.45) is 6.18. The van der Waals surface area contributed by atoms with Gasteiger partial charge < -0.3 is 16.4 Å². The molecule has 0 saturated carbocycles. The molecule has 1 aliphatic rings. The molecular formula is C17H14F2N4O. The molecule has 2 heterocycles. The number of rotatable bonds is 4. The van der Waals surface area contributed by atoms with Crippen molar-refractivity contribution in [3.63, 3.8) is 0 Å². The number of nitrogens with one attached hydrogen (secondary N) is 2. The summed E-state index contributed by atoms with van der Waals surface area (Å²) in [5.74, 6) is -0.126. The first kappa shape index (κ1) is 15.9. The van der Waals surface area contributed by atoms with Gasteiger partial charge >= 0.3 is 0 Å². The first-order valence-corrected chi connectivity index (χ1v) is 7.23. The lowest BCUT2D eigenvalue weighted by atomic mass is 9.95. The summed E-state index contributed by atoms with van der Waals surface area (Å²) in [6.45, 7) is 1.26. The SMILES string of the molecule is C#Cc1ccc(Nc2c(C3CNC3)ncc(F)c2C(N)=O)c(F)c1. The summed E-state index contributed by atoms with van der Waals surface area (Å²) in [6, 6.07) is 4.12. The Bertz CT molecular complexity index is 856. The Morgan fingerprint density at radius 2 is 2.12 bits per heavy atom. The predicted octanol–water partition coefficient (Wildman–Crippen LogP) is 1.87. The van der Waals surface area contributed by atoms with Crippen LogP contribution in [0.15, 0.2) is 24.4 Å². The molecule has 122 valence electrons. The highest BCUT2D eigenvalue weighted by Gasteiger charge is 2.28. The van der Waals surface area contributed by atoms with Crippen LogP contribution in [0.4, 0.5) is 20.2 Å². The minimum atomic E-state index is -0.952. The van der Waals surface area contributed by atoms with Gasteiger partial charge in [0.2, 0.25) is 0 Å². The molecule has 1 aromatic heterocycles. The zero-order chi connectivity index (χ0) is 17.3. The fourth-order valence-corrected chi connectivity index (χ4v) is 2.50. The van der Waals surface area contributed by atoms with Crippen molar-refractivity contribution in [1.29, 1.82) is 0 Å². The topological polar surface area (TPSA) is 80.0 Å². The standard InChI is InChI=1S/C17H14F2N4O/c1-2-9-3-4-13(11(18)5-9)23-16-14(17(20)24)12(19)8-22-15(16)10-6-21-7-10/h1,3-5,8,10,21,23H,6-7H2,(H2,20,24). The second-order valence-corrected chi connectivity index (χ2v) is 5.42. The van der Waals surface area contributed by atoms with E-state index in [4.69, 9.17) is 12.2 Å². The normalized spacial score (nSPS) is 13.9. The zero-order valence-electron chi connectivity index (χ0n) is 12.6. The molecule has 1 aromatic carbocycles. The van der Waals surface area contributed by atoms with Crippen LogP contribution in [0.3, 0.4) is 0 Å². The van der Waals surface area contributed by atoms with Crippen molar-refractivity contribution in [2.45, 2.75) is 5.92 Å². The summed E-state index contributed by atoms with van der Waals surface area (Å²) in [5, 5.41) is 5.82. The van der Waals surface area contributed by atoms with Crippen LogP contribution in [0.25, 0.3) is 0 Å². The molecule has 0 radical (unpaired) electrons. The number of benzene rings is 1. The molecule has 1 saturated heterocycles. The summed E-state index contributed by atoms with van der Waals surface area (Å²) >= 11 is 0. The molecule has 1 aliphatic heterocycles. The van der Waals surface area contributed by atoms with E-state index in [9.17, 15) is 13.6 Å². The Balaban J connectivity index is 2.10. The third-order valence-electron chi connectivity index (χ3n) is 3.87. The van der Waals surface area contributed by atoms with Crippen LogP contribution in [-0.2, 0) is 0 Å². The number of hydrogen-bond acceptors (Lipinski definition) is 4. The number of anilines is 2. The van der Waals surface area contributed by atoms with E-state index in [0.717, 1.165) is 6.20 Å². The van der Waals surface area contributed by atoms with Gasteiger partial charge in [-0.05, 0) is 18.2 Å². The van der Waals surface area contributed by atoms with E-state index in [0.29, 0.717) is 24.3 Å². The summed E-state index contributed by atoms with van der Waals surface area (Å²) in [4.78, 5) is 15.7. The van der Waals surface area contributed by atoms with Crippen LogP contribution in [-0.4, -0.2) is 24.0 Å². The Kier molecular flexibility index (Phi) is 4.15. The molecule has 4 N–H and O–H groups in total. The van der Waals surface area contributed by atoms with E-state index in [-0.39, 0.29) is 22.9 Å². The number of terminal acetylenes is 1. The number of carbonyl (C=O) groups excluding carboxylic acids is 1. The molecule has 0 unspecified atom stereocenters. The van der Waals surface area contributed by atoms with Gasteiger partial charge in [0.25, 0.3) is 5.91 Å². The van der Waals surface area contributed by atoms with Gasteiger partial charge in [-0.3, -0.25) is 9.78 Å². The number of halogens is 2. The van der Waals surface area contributed by atoms with E-state index in [1.54, 1.807) is 0 Å². The molecule has 2 aromatic rings. The van der Waals surface area contributed by atoms with Crippen LogP contribution in [0.5, 0.6) is 0 Å². The van der Waals surface area contributed by atoms with Crippen molar-refractivity contribution >= 4 is 17.3 Å². The van der Waals surface area contributed by atoms with Crippen molar-refractivity contribution in [1.82, 2.24) is 10.3 Å². The maximum Gasteiger partial charge on any atom is 0.253 e. The predicted molar refractivity (Wildman–Crippen MR) is 85.9 cm³/mol. The molecular weight excluding hydrogens is 314 g/mol. The third kappa shape index (κ3) is 2.79. The second-order valence-electron chi connectivity index (χ2n) is 5.42. The molecule has 24 heavy (non-hydrogen) atoms. The van der Waals surface area contributed by atoms with Gasteiger partial charge in [-0.1, -0.05) is 5.92 Å². The lowest BCUT2D eigenvalue weighted by Gasteiger charge is -2.29. The number of nitrogens with two attached hydrogens (primary N) is 1. The lowest BCUT2D eigenvalue weighted by Crippen LogP contribution is -2.41. The summed E-state index contributed by atoms with van der Waals surface area (Å²) in [7, 11) is 0. The molecule has 0 bridgehead atoms. The Hall–Kier alpha value is -2.98. The Morgan fingerprint density at radius 3 is 2.67 bits per heavy atom. The van der Waals surface area contributed by atoms with Crippen molar-refractivity contribution in [3.05, 3.63) is 52.9 Å². The monoisotopic (exact) mass is 328 g/mol. The summed E-state index contributed by atoms with van der Waals surface area (Å²) < 4.78 is 28.2. The number of amides is 1. The van der Waals surface area contributed by atoms with Crippen molar-refractivity contribution in [3.8, 4) is 12.3 Å². The number of hydrogen-bond donors (Lipinski definition) is 3. The molecule has 0 aliphatic carbocycles. The van der Waals surface area contributed by atoms with E-state index in [1.165, 1.54) is 18.2 Å². The van der Waals surface area contributed by atoms with Crippen molar-refractivity contribution in [2.24, 2.45) is 5.73 Å². The van der Waals surface area contributed by atoms with E-state index in [2.05, 4.69) is 21.5 Å². The second kappa shape index (κ2) is 6.26. The number of aromatic nitrogens is 1. The minimum absolute atomic E-state index is 0.0146. The van der Waals surface area contributed by atoms with Gasteiger partial charge in [0, 0.05) is 24.6 Å². The maximum atomic E-state index is 14.2. The largest absolute Gasteiger partial charge is 0.365 e. The van der Waals surface area contributed by atoms with Crippen LogP contribution in [0.2, 0.25) is 0 Å². The third-order valence-corrected chi connectivity index (χ3v) is 3.87. The molecule has 1 amide bonds. The fraction of sp³-hybridized carbons (Fsp3) is 0.176. The highest BCUT2D eigenvalue weighted by atomic mass is 19.1. The van der Waals surface area contributed by atoms with E-state index >= 15 is 0 Å². The van der Waals surface area contributed by atoms with Gasteiger partial charge in [-0.2, -0.15) is 0 Å². The fourth-order valence-electron chi connectivity index (χ4n) is 2.50. The Labute approximate surface area is 137 Å². The average Bonchev–Trinajstić information content (AvgIpc) is 2.49. The number of primary amides is 1. The minimum Gasteiger partial charge on any atom is -0.365 e. The van der Waals surface area contributed by atoms with E-state index < -0.39 is 17.5 Å². The molecule has 7 heteroatoms. The quantitative estimate of drug-likeness (QED) is 0.749. The molecule has 0 atom stereocenters. The van der Waals surface area contributed by atoms with E-state index in [1.807, 2.05) is 0 Å². The number of carbonyl (C=O) groups is 1. The zero-order valence-corrected chi connectivity index (χ0v) is 12.6. The number of pyridine rings is 1. The van der Waals surface area contributed by atoms with Crippen LogP contribution >= 0.6 is 0 Å². The molecule has 1 fully saturated rings.